The van der Waals surface area contributed by atoms with Gasteiger partial charge in [-0.2, -0.15) is 0 Å². The summed E-state index contributed by atoms with van der Waals surface area (Å²) in [6, 6.07) is 7.44. The molecule has 0 radical (unpaired) electrons. The summed E-state index contributed by atoms with van der Waals surface area (Å²) in [6.07, 6.45) is 0.872. The number of carbonyl (C=O) groups excluding carboxylic acids is 2. The third-order valence-corrected chi connectivity index (χ3v) is 3.54. The summed E-state index contributed by atoms with van der Waals surface area (Å²) < 4.78 is 5.98. The van der Waals surface area contributed by atoms with Gasteiger partial charge in [0.15, 0.2) is 6.61 Å². The van der Waals surface area contributed by atoms with Crippen LogP contribution in [0, 0.1) is 15.4 Å². The Morgan fingerprint density at radius 2 is 2.22 bits per heavy atom. The van der Waals surface area contributed by atoms with Crippen LogP contribution in [0.4, 0.5) is 5.69 Å². The molecule has 0 aliphatic heterocycles. The molecule has 4 nitrogen and oxygen atoms in total. The van der Waals surface area contributed by atoms with E-state index in [2.05, 4.69) is 27.9 Å². The molecule has 2 rings (SSSR count). The first-order valence-electron chi connectivity index (χ1n) is 5.78. The van der Waals surface area contributed by atoms with Gasteiger partial charge in [0.1, 0.15) is 0 Å². The number of hydrogen-bond acceptors (Lipinski definition) is 3. The van der Waals surface area contributed by atoms with Gasteiger partial charge in [-0.1, -0.05) is 13.0 Å². The Morgan fingerprint density at radius 1 is 1.50 bits per heavy atom. The van der Waals surface area contributed by atoms with Crippen molar-refractivity contribution in [2.24, 2.45) is 11.8 Å². The van der Waals surface area contributed by atoms with Crippen LogP contribution in [0.25, 0.3) is 0 Å². The number of halogens is 1. The molecule has 1 aromatic carbocycles. The van der Waals surface area contributed by atoms with Crippen LogP contribution in [0.15, 0.2) is 24.3 Å². The molecule has 1 aliphatic rings. The van der Waals surface area contributed by atoms with Gasteiger partial charge in [0.05, 0.1) is 5.92 Å². The highest BCUT2D eigenvalue weighted by atomic mass is 127. The van der Waals surface area contributed by atoms with E-state index in [9.17, 15) is 9.59 Å². The summed E-state index contributed by atoms with van der Waals surface area (Å²) >= 11 is 2.17. The molecule has 96 valence electrons. The first-order chi connectivity index (χ1) is 8.56. The number of ether oxygens (including phenoxy) is 1. The Balaban J connectivity index is 1.77. The van der Waals surface area contributed by atoms with Crippen molar-refractivity contribution in [2.75, 3.05) is 11.9 Å². The minimum Gasteiger partial charge on any atom is -0.455 e. The topological polar surface area (TPSA) is 55.4 Å². The third-order valence-electron chi connectivity index (χ3n) is 2.87. The van der Waals surface area contributed by atoms with Crippen molar-refractivity contribution in [1.82, 2.24) is 0 Å². The SMILES string of the molecule is C[C@@H]1C[C@H]1C(=O)OCC(=O)Nc1cccc(I)c1. The van der Waals surface area contributed by atoms with Crippen molar-refractivity contribution >= 4 is 40.2 Å². The first kappa shape index (κ1) is 13.3. The molecule has 0 aromatic heterocycles. The predicted molar refractivity (Wildman–Crippen MR) is 76.0 cm³/mol. The highest BCUT2D eigenvalue weighted by molar-refractivity contribution is 14.1. The van der Waals surface area contributed by atoms with Crippen LogP contribution in [0.5, 0.6) is 0 Å². The number of carbonyl (C=O) groups is 2. The molecule has 0 saturated heterocycles. The molecule has 2 atom stereocenters. The quantitative estimate of drug-likeness (QED) is 0.664. The zero-order valence-electron chi connectivity index (χ0n) is 9.98. The van der Waals surface area contributed by atoms with Crippen LogP contribution < -0.4 is 5.32 Å². The fraction of sp³-hybridized carbons (Fsp3) is 0.385. The van der Waals surface area contributed by atoms with Gasteiger partial charge >= 0.3 is 5.97 Å². The number of hydrogen-bond donors (Lipinski definition) is 1. The van der Waals surface area contributed by atoms with Crippen LogP contribution in [-0.4, -0.2) is 18.5 Å². The van der Waals surface area contributed by atoms with Gasteiger partial charge in [0.25, 0.3) is 5.91 Å². The Hall–Kier alpha value is -1.11. The monoisotopic (exact) mass is 359 g/mol. The lowest BCUT2D eigenvalue weighted by atomic mass is 10.3. The Kier molecular flexibility index (Phi) is 4.21. The lowest BCUT2D eigenvalue weighted by molar-refractivity contribution is -0.148. The zero-order chi connectivity index (χ0) is 13.1. The van der Waals surface area contributed by atoms with E-state index in [1.807, 2.05) is 25.1 Å². The summed E-state index contributed by atoms with van der Waals surface area (Å²) in [7, 11) is 0. The first-order valence-corrected chi connectivity index (χ1v) is 6.86. The summed E-state index contributed by atoms with van der Waals surface area (Å²) in [4.78, 5) is 23.0. The molecule has 1 N–H and O–H groups in total. The number of benzene rings is 1. The Bertz CT molecular complexity index is 475. The van der Waals surface area contributed by atoms with Gasteiger partial charge < -0.3 is 10.1 Å². The molecule has 1 saturated carbocycles. The molecule has 0 unspecified atom stereocenters. The molecule has 5 heteroatoms. The van der Waals surface area contributed by atoms with Crippen LogP contribution in [0.1, 0.15) is 13.3 Å². The smallest absolute Gasteiger partial charge is 0.309 e. The van der Waals surface area contributed by atoms with Gasteiger partial charge in [-0.3, -0.25) is 9.59 Å². The van der Waals surface area contributed by atoms with E-state index in [0.29, 0.717) is 11.6 Å². The average Bonchev–Trinajstić information content (AvgIpc) is 3.03. The standard InChI is InChI=1S/C13H14INO3/c1-8-5-11(8)13(17)18-7-12(16)15-10-4-2-3-9(14)6-10/h2-4,6,8,11H,5,7H2,1H3,(H,15,16)/t8-,11-/m1/s1. The maximum atomic E-state index is 11.6. The highest BCUT2D eigenvalue weighted by Crippen LogP contribution is 2.38. The van der Waals surface area contributed by atoms with E-state index in [1.165, 1.54) is 0 Å². The second kappa shape index (κ2) is 5.69. The highest BCUT2D eigenvalue weighted by Gasteiger charge is 2.40. The minimum absolute atomic E-state index is 0.00419. The number of esters is 1. The van der Waals surface area contributed by atoms with E-state index >= 15 is 0 Å². The molecule has 1 amide bonds. The van der Waals surface area contributed by atoms with Gasteiger partial charge in [0.2, 0.25) is 0 Å². The fourth-order valence-corrected chi connectivity index (χ4v) is 2.20. The Morgan fingerprint density at radius 3 is 2.83 bits per heavy atom. The fourth-order valence-electron chi connectivity index (χ4n) is 1.66. The summed E-state index contributed by atoms with van der Waals surface area (Å²) in [6.45, 7) is 1.78. The lowest BCUT2D eigenvalue weighted by Crippen LogP contribution is -2.21. The van der Waals surface area contributed by atoms with Crippen molar-refractivity contribution in [1.29, 1.82) is 0 Å². The van der Waals surface area contributed by atoms with Crippen LogP contribution in [-0.2, 0) is 14.3 Å². The van der Waals surface area contributed by atoms with E-state index in [1.54, 1.807) is 6.07 Å². The zero-order valence-corrected chi connectivity index (χ0v) is 12.1. The summed E-state index contributed by atoms with van der Waals surface area (Å²) in [5, 5.41) is 2.69. The van der Waals surface area contributed by atoms with E-state index in [4.69, 9.17) is 4.74 Å². The molecular weight excluding hydrogens is 345 g/mol. The molecule has 18 heavy (non-hydrogen) atoms. The van der Waals surface area contributed by atoms with Crippen molar-refractivity contribution < 1.29 is 14.3 Å². The minimum atomic E-state index is -0.307. The number of rotatable bonds is 4. The maximum Gasteiger partial charge on any atom is 0.309 e. The third kappa shape index (κ3) is 3.69. The van der Waals surface area contributed by atoms with Crippen LogP contribution in [0.3, 0.4) is 0 Å². The lowest BCUT2D eigenvalue weighted by Gasteiger charge is -2.06. The Labute approximate surface area is 119 Å². The molecule has 1 aliphatic carbocycles. The molecule has 0 heterocycles. The van der Waals surface area contributed by atoms with Gasteiger partial charge in [-0.25, -0.2) is 0 Å². The largest absolute Gasteiger partial charge is 0.455 e. The van der Waals surface area contributed by atoms with Crippen molar-refractivity contribution in [2.45, 2.75) is 13.3 Å². The predicted octanol–water partition coefficient (Wildman–Crippen LogP) is 2.43. The van der Waals surface area contributed by atoms with E-state index in [-0.39, 0.29) is 24.4 Å². The van der Waals surface area contributed by atoms with Gasteiger partial charge in [-0.15, -0.1) is 0 Å². The van der Waals surface area contributed by atoms with Crippen molar-refractivity contribution in [3.05, 3.63) is 27.8 Å². The molecule has 1 fully saturated rings. The normalized spacial score (nSPS) is 21.2. The van der Waals surface area contributed by atoms with Crippen LogP contribution >= 0.6 is 22.6 Å². The van der Waals surface area contributed by atoms with Crippen LogP contribution in [0.2, 0.25) is 0 Å². The van der Waals surface area contributed by atoms with Crippen molar-refractivity contribution in [3.63, 3.8) is 0 Å². The van der Waals surface area contributed by atoms with Gasteiger partial charge in [-0.05, 0) is 53.1 Å². The maximum absolute atomic E-state index is 11.6. The van der Waals surface area contributed by atoms with E-state index in [0.717, 1.165) is 9.99 Å². The number of amides is 1. The molecular formula is C13H14INO3. The van der Waals surface area contributed by atoms with Gasteiger partial charge in [0, 0.05) is 9.26 Å². The van der Waals surface area contributed by atoms with E-state index < -0.39 is 0 Å². The second-order valence-electron chi connectivity index (χ2n) is 4.49. The number of anilines is 1. The summed E-state index contributed by atoms with van der Waals surface area (Å²) in [5.41, 5.74) is 0.711. The second-order valence-corrected chi connectivity index (χ2v) is 5.73. The molecule has 0 bridgehead atoms. The van der Waals surface area contributed by atoms with Crippen molar-refractivity contribution in [3.8, 4) is 0 Å². The molecule has 1 aromatic rings. The average molecular weight is 359 g/mol. The molecule has 0 spiro atoms. The number of nitrogens with one attached hydrogen (secondary N) is 1. The summed E-state index contributed by atoms with van der Waals surface area (Å²) in [5.74, 6) is -0.175.